The van der Waals surface area contributed by atoms with Crippen LogP contribution in [0.1, 0.15) is 51.4 Å². The Labute approximate surface area is 98.0 Å². The minimum absolute atomic E-state index is 0.342. The van der Waals surface area contributed by atoms with Crippen molar-refractivity contribution in [2.24, 2.45) is 5.92 Å². The number of ether oxygens (including phenoxy) is 2. The minimum Gasteiger partial charge on any atom is -0.492 e. The lowest BCUT2D eigenvalue weighted by Crippen LogP contribution is -2.43. The fourth-order valence-electron chi connectivity index (χ4n) is 3.63. The van der Waals surface area contributed by atoms with Gasteiger partial charge in [0, 0.05) is 19.4 Å². The molecule has 3 atom stereocenters. The van der Waals surface area contributed by atoms with Crippen molar-refractivity contribution in [1.29, 1.82) is 0 Å². The van der Waals surface area contributed by atoms with Gasteiger partial charge in [0.05, 0.1) is 11.9 Å². The van der Waals surface area contributed by atoms with Crippen molar-refractivity contribution in [3.8, 4) is 0 Å². The van der Waals surface area contributed by atoms with E-state index in [0.717, 1.165) is 5.92 Å². The first-order chi connectivity index (χ1) is 7.88. The largest absolute Gasteiger partial charge is 0.492 e. The van der Waals surface area contributed by atoms with E-state index < -0.39 is 0 Å². The molecule has 3 rings (SSSR count). The van der Waals surface area contributed by atoms with Crippen LogP contribution in [-0.4, -0.2) is 19.3 Å². The molecule has 0 amide bonds. The Balaban J connectivity index is 1.80. The summed E-state index contributed by atoms with van der Waals surface area (Å²) >= 11 is 0. The monoisotopic (exact) mass is 222 g/mol. The van der Waals surface area contributed by atoms with Crippen molar-refractivity contribution < 1.29 is 9.47 Å². The summed E-state index contributed by atoms with van der Waals surface area (Å²) in [6.07, 6.45) is 11.0. The molecule has 0 radical (unpaired) electrons. The van der Waals surface area contributed by atoms with Crippen LogP contribution in [0.25, 0.3) is 0 Å². The maximum Gasteiger partial charge on any atom is 0.127 e. The highest BCUT2D eigenvalue weighted by molar-refractivity contribution is 5.17. The molecule has 0 aromatic carbocycles. The Morgan fingerprint density at radius 1 is 1.12 bits per heavy atom. The van der Waals surface area contributed by atoms with E-state index in [-0.39, 0.29) is 0 Å². The number of hydrogen-bond donors (Lipinski definition) is 0. The van der Waals surface area contributed by atoms with Crippen molar-refractivity contribution in [2.45, 2.75) is 63.6 Å². The van der Waals surface area contributed by atoms with Gasteiger partial charge >= 0.3 is 0 Å². The Bertz CT molecular complexity index is 295. The molecule has 2 heteroatoms. The molecule has 1 saturated carbocycles. The van der Waals surface area contributed by atoms with Crippen LogP contribution in [0, 0.1) is 5.92 Å². The zero-order chi connectivity index (χ0) is 11.0. The Morgan fingerprint density at radius 3 is 2.88 bits per heavy atom. The van der Waals surface area contributed by atoms with Crippen LogP contribution in [-0.2, 0) is 9.47 Å². The molecule has 0 unspecified atom stereocenters. The summed E-state index contributed by atoms with van der Waals surface area (Å²) in [6, 6.07) is 0. The quantitative estimate of drug-likeness (QED) is 0.677. The van der Waals surface area contributed by atoms with Crippen LogP contribution < -0.4 is 0 Å². The summed E-state index contributed by atoms with van der Waals surface area (Å²) in [4.78, 5) is 0. The van der Waals surface area contributed by atoms with Crippen molar-refractivity contribution in [3.05, 3.63) is 11.3 Å². The highest BCUT2D eigenvalue weighted by Gasteiger charge is 2.39. The Hall–Kier alpha value is -0.500. The molecule has 0 spiro atoms. The van der Waals surface area contributed by atoms with E-state index in [9.17, 15) is 0 Å². The van der Waals surface area contributed by atoms with E-state index in [1.807, 2.05) is 7.11 Å². The van der Waals surface area contributed by atoms with Crippen LogP contribution in [0.4, 0.5) is 0 Å². The van der Waals surface area contributed by atoms with Crippen molar-refractivity contribution in [2.75, 3.05) is 7.11 Å². The molecule has 0 bridgehead atoms. The molecule has 0 saturated heterocycles. The topological polar surface area (TPSA) is 18.5 Å². The molecular weight excluding hydrogens is 200 g/mol. The molecule has 0 aromatic heterocycles. The predicted octanol–water partition coefficient (Wildman–Crippen LogP) is 3.42. The molecule has 16 heavy (non-hydrogen) atoms. The van der Waals surface area contributed by atoms with Crippen LogP contribution in [0.15, 0.2) is 11.3 Å². The summed E-state index contributed by atoms with van der Waals surface area (Å²) in [5.41, 5.74) is 1.63. The molecule has 2 aliphatic carbocycles. The maximum atomic E-state index is 6.25. The number of hydrogen-bond acceptors (Lipinski definition) is 2. The lowest BCUT2D eigenvalue weighted by Gasteiger charge is -2.43. The van der Waals surface area contributed by atoms with Gasteiger partial charge in [-0.25, -0.2) is 0 Å². The maximum absolute atomic E-state index is 6.25. The van der Waals surface area contributed by atoms with E-state index in [0.29, 0.717) is 12.2 Å². The summed E-state index contributed by atoms with van der Waals surface area (Å²) < 4.78 is 11.8. The number of methoxy groups -OCH3 is 1. The normalized spacial score (nSPS) is 38.7. The molecule has 0 N–H and O–H groups in total. The van der Waals surface area contributed by atoms with Gasteiger partial charge in [-0.05, 0) is 44.1 Å². The van der Waals surface area contributed by atoms with E-state index in [1.54, 1.807) is 5.57 Å². The smallest absolute Gasteiger partial charge is 0.127 e. The third-order valence-corrected chi connectivity index (χ3v) is 4.51. The average Bonchev–Trinajstić information content (AvgIpc) is 2.35. The van der Waals surface area contributed by atoms with Gasteiger partial charge in [0.15, 0.2) is 0 Å². The first kappa shape index (κ1) is 10.6. The fourth-order valence-corrected chi connectivity index (χ4v) is 3.63. The molecule has 1 aliphatic heterocycles. The van der Waals surface area contributed by atoms with Crippen LogP contribution in [0.2, 0.25) is 0 Å². The summed E-state index contributed by atoms with van der Waals surface area (Å²) in [5.74, 6) is 2.06. The predicted molar refractivity (Wildman–Crippen MR) is 63.1 cm³/mol. The summed E-state index contributed by atoms with van der Waals surface area (Å²) in [6.45, 7) is 0. The molecule has 0 aromatic rings. The lowest BCUT2D eigenvalue weighted by molar-refractivity contribution is -0.0938. The van der Waals surface area contributed by atoms with Gasteiger partial charge < -0.3 is 9.47 Å². The van der Waals surface area contributed by atoms with E-state index >= 15 is 0 Å². The van der Waals surface area contributed by atoms with E-state index in [2.05, 4.69) is 0 Å². The van der Waals surface area contributed by atoms with Gasteiger partial charge in [-0.2, -0.15) is 0 Å². The highest BCUT2D eigenvalue weighted by Crippen LogP contribution is 2.43. The minimum atomic E-state index is 0.342. The van der Waals surface area contributed by atoms with Crippen molar-refractivity contribution in [3.63, 3.8) is 0 Å². The Morgan fingerprint density at radius 2 is 2.00 bits per heavy atom. The van der Waals surface area contributed by atoms with Crippen LogP contribution >= 0.6 is 0 Å². The second kappa shape index (κ2) is 4.40. The van der Waals surface area contributed by atoms with Crippen LogP contribution in [0.5, 0.6) is 0 Å². The molecule has 2 nitrogen and oxygen atoms in total. The first-order valence-electron chi connectivity index (χ1n) is 6.79. The molecule has 1 fully saturated rings. The van der Waals surface area contributed by atoms with Gasteiger partial charge in [-0.1, -0.05) is 6.42 Å². The van der Waals surface area contributed by atoms with Crippen molar-refractivity contribution in [1.82, 2.24) is 0 Å². The highest BCUT2D eigenvalue weighted by atomic mass is 16.5. The van der Waals surface area contributed by atoms with Gasteiger partial charge in [0.25, 0.3) is 0 Å². The molecular formula is C14H22O2. The number of fused-ring (bicyclic) bond motifs is 1. The second-order valence-electron chi connectivity index (χ2n) is 5.49. The SMILES string of the molecule is CO[C@@H]1CCC[C@@H]2CC3=C(CCCC3)O[C@@H]21. The molecule has 1 heterocycles. The Kier molecular flexibility index (Phi) is 2.93. The zero-order valence-corrected chi connectivity index (χ0v) is 10.2. The first-order valence-corrected chi connectivity index (χ1v) is 6.79. The van der Waals surface area contributed by atoms with Gasteiger partial charge in [0.2, 0.25) is 0 Å². The lowest BCUT2D eigenvalue weighted by atomic mass is 9.76. The summed E-state index contributed by atoms with van der Waals surface area (Å²) in [7, 11) is 1.83. The third-order valence-electron chi connectivity index (χ3n) is 4.51. The average molecular weight is 222 g/mol. The van der Waals surface area contributed by atoms with Gasteiger partial charge in [0.1, 0.15) is 6.10 Å². The number of rotatable bonds is 1. The standard InChI is InChI=1S/C14H22O2/c1-15-13-8-4-6-11-9-10-5-2-3-7-12(10)16-14(11)13/h11,13-14H,2-9H2,1H3/t11-,13-,14+/m1/s1. The van der Waals surface area contributed by atoms with Crippen LogP contribution in [0.3, 0.4) is 0 Å². The van der Waals surface area contributed by atoms with Gasteiger partial charge in [-0.3, -0.25) is 0 Å². The third kappa shape index (κ3) is 1.77. The number of allylic oxidation sites excluding steroid dienone is 2. The second-order valence-corrected chi connectivity index (χ2v) is 5.49. The molecule has 3 aliphatic rings. The van der Waals surface area contributed by atoms with Gasteiger partial charge in [-0.15, -0.1) is 0 Å². The fraction of sp³-hybridized carbons (Fsp3) is 0.857. The van der Waals surface area contributed by atoms with E-state index in [1.165, 1.54) is 57.1 Å². The summed E-state index contributed by atoms with van der Waals surface area (Å²) in [5, 5.41) is 0. The van der Waals surface area contributed by atoms with E-state index in [4.69, 9.17) is 9.47 Å². The van der Waals surface area contributed by atoms with Crippen molar-refractivity contribution >= 4 is 0 Å². The molecule has 90 valence electrons. The zero-order valence-electron chi connectivity index (χ0n) is 10.2.